The molecule has 1 aromatic rings. The predicted octanol–water partition coefficient (Wildman–Crippen LogP) is 0.888. The van der Waals surface area contributed by atoms with Gasteiger partial charge in [-0.2, -0.15) is 0 Å². The van der Waals surface area contributed by atoms with Crippen molar-refractivity contribution < 1.29 is 9.90 Å². The number of nitrogens with one attached hydrogen (secondary N) is 1. The van der Waals surface area contributed by atoms with Crippen LogP contribution in [0.1, 0.15) is 19.8 Å². The summed E-state index contributed by atoms with van der Waals surface area (Å²) < 4.78 is 2.29. The quantitative estimate of drug-likeness (QED) is 0.818. The summed E-state index contributed by atoms with van der Waals surface area (Å²) in [6, 6.07) is 3.07. The summed E-state index contributed by atoms with van der Waals surface area (Å²) in [5.41, 5.74) is -0.130. The average molecular weight is 317 g/mol. The molecule has 0 bridgehead atoms. The molecule has 2 N–H and O–H groups in total. The molecule has 18 heavy (non-hydrogen) atoms. The van der Waals surface area contributed by atoms with E-state index >= 15 is 0 Å². The molecule has 1 atom stereocenters. The first-order valence-electron chi connectivity index (χ1n) is 5.79. The number of carbonyl (C=O) groups excluding carboxylic acids is 1. The minimum Gasteiger partial charge on any atom is -0.396 e. The van der Waals surface area contributed by atoms with Crippen LogP contribution in [0.5, 0.6) is 0 Å². The number of carbonyl (C=O) groups is 1. The van der Waals surface area contributed by atoms with Crippen LogP contribution >= 0.6 is 15.9 Å². The average Bonchev–Trinajstić information content (AvgIpc) is 2.30. The zero-order chi connectivity index (χ0) is 13.5. The predicted molar refractivity (Wildman–Crippen MR) is 72.3 cm³/mol. The van der Waals surface area contributed by atoms with Gasteiger partial charge in [0, 0.05) is 42.4 Å². The van der Waals surface area contributed by atoms with Crippen molar-refractivity contribution in [1.29, 1.82) is 0 Å². The molecule has 1 unspecified atom stereocenters. The third kappa shape index (κ3) is 5.01. The summed E-state index contributed by atoms with van der Waals surface area (Å²) in [6.07, 6.45) is 2.43. The van der Waals surface area contributed by atoms with E-state index in [1.807, 2.05) is 6.92 Å². The van der Waals surface area contributed by atoms with Crippen LogP contribution < -0.4 is 10.9 Å². The maximum absolute atomic E-state index is 11.6. The largest absolute Gasteiger partial charge is 0.396 e. The highest BCUT2D eigenvalue weighted by Crippen LogP contribution is 2.05. The second-order valence-corrected chi connectivity index (χ2v) is 5.03. The number of aryl methyl sites for hydroxylation is 1. The molecular weight excluding hydrogens is 300 g/mol. The smallest absolute Gasteiger partial charge is 0.250 e. The highest BCUT2D eigenvalue weighted by atomic mass is 79.9. The Labute approximate surface area is 114 Å². The van der Waals surface area contributed by atoms with Crippen LogP contribution in [0.4, 0.5) is 0 Å². The normalized spacial score (nSPS) is 12.2. The van der Waals surface area contributed by atoms with Crippen LogP contribution in [0.25, 0.3) is 0 Å². The maximum Gasteiger partial charge on any atom is 0.250 e. The van der Waals surface area contributed by atoms with Gasteiger partial charge in [-0.05, 0) is 35.3 Å². The number of halogens is 1. The van der Waals surface area contributed by atoms with Crippen molar-refractivity contribution >= 4 is 21.8 Å². The number of hydrogen-bond donors (Lipinski definition) is 2. The van der Waals surface area contributed by atoms with E-state index in [-0.39, 0.29) is 30.5 Å². The number of aliphatic hydroxyl groups excluding tert-OH is 1. The Balaban J connectivity index is 2.47. The van der Waals surface area contributed by atoms with Gasteiger partial charge in [-0.3, -0.25) is 9.59 Å². The van der Waals surface area contributed by atoms with Gasteiger partial charge in [0.2, 0.25) is 5.91 Å². The van der Waals surface area contributed by atoms with Gasteiger partial charge in [0.25, 0.3) is 5.56 Å². The van der Waals surface area contributed by atoms with E-state index in [0.29, 0.717) is 13.0 Å². The third-order valence-electron chi connectivity index (χ3n) is 2.50. The lowest BCUT2D eigenvalue weighted by molar-refractivity contribution is -0.122. The Morgan fingerprint density at radius 2 is 2.28 bits per heavy atom. The van der Waals surface area contributed by atoms with E-state index < -0.39 is 0 Å². The Morgan fingerprint density at radius 1 is 1.56 bits per heavy atom. The molecule has 0 saturated heterocycles. The molecule has 0 fully saturated rings. The van der Waals surface area contributed by atoms with Gasteiger partial charge in [-0.1, -0.05) is 0 Å². The zero-order valence-electron chi connectivity index (χ0n) is 10.2. The van der Waals surface area contributed by atoms with E-state index in [4.69, 9.17) is 5.11 Å². The maximum atomic E-state index is 11.6. The molecule has 0 saturated carbocycles. The number of rotatable bonds is 6. The van der Waals surface area contributed by atoms with Crippen LogP contribution in [0.15, 0.2) is 27.6 Å². The molecule has 0 aromatic carbocycles. The number of nitrogens with zero attached hydrogens (tertiary/aromatic N) is 1. The minimum atomic E-state index is -0.130. The number of hydrogen-bond acceptors (Lipinski definition) is 3. The lowest BCUT2D eigenvalue weighted by atomic mass is 10.2. The van der Waals surface area contributed by atoms with Gasteiger partial charge in [0.05, 0.1) is 0 Å². The second-order valence-electron chi connectivity index (χ2n) is 4.11. The molecule has 5 nitrogen and oxygen atoms in total. The van der Waals surface area contributed by atoms with E-state index in [0.717, 1.165) is 4.47 Å². The minimum absolute atomic E-state index is 0.0482. The van der Waals surface area contributed by atoms with Crippen molar-refractivity contribution in [1.82, 2.24) is 9.88 Å². The summed E-state index contributed by atoms with van der Waals surface area (Å²) in [4.78, 5) is 23.1. The summed E-state index contributed by atoms with van der Waals surface area (Å²) in [6.45, 7) is 2.22. The fourth-order valence-corrected chi connectivity index (χ4v) is 1.89. The Kier molecular flexibility index (Phi) is 6.07. The molecule has 0 aliphatic heterocycles. The molecule has 1 amide bonds. The zero-order valence-corrected chi connectivity index (χ0v) is 11.8. The van der Waals surface area contributed by atoms with Gasteiger partial charge in [-0.25, -0.2) is 0 Å². The summed E-state index contributed by atoms with van der Waals surface area (Å²) in [7, 11) is 0. The first-order valence-corrected chi connectivity index (χ1v) is 6.58. The molecule has 0 radical (unpaired) electrons. The molecule has 1 rings (SSSR count). The molecule has 0 aliphatic carbocycles. The van der Waals surface area contributed by atoms with E-state index in [1.165, 1.54) is 10.6 Å². The number of aromatic nitrogens is 1. The SMILES string of the molecule is CC(CCO)NC(=O)CCn1cc(Br)ccc1=O. The van der Waals surface area contributed by atoms with Crippen molar-refractivity contribution in [3.63, 3.8) is 0 Å². The molecule has 0 spiro atoms. The lowest BCUT2D eigenvalue weighted by Crippen LogP contribution is -2.34. The van der Waals surface area contributed by atoms with Crippen LogP contribution in [-0.2, 0) is 11.3 Å². The van der Waals surface area contributed by atoms with Crippen LogP contribution in [0.3, 0.4) is 0 Å². The lowest BCUT2D eigenvalue weighted by Gasteiger charge is -2.12. The monoisotopic (exact) mass is 316 g/mol. The van der Waals surface area contributed by atoms with Crippen molar-refractivity contribution in [2.75, 3.05) is 6.61 Å². The number of aliphatic hydroxyl groups is 1. The van der Waals surface area contributed by atoms with Crippen molar-refractivity contribution in [3.05, 3.63) is 33.2 Å². The van der Waals surface area contributed by atoms with Crippen LogP contribution in [0, 0.1) is 0 Å². The Hall–Kier alpha value is -1.14. The van der Waals surface area contributed by atoms with Crippen LogP contribution in [-0.4, -0.2) is 28.2 Å². The summed E-state index contributed by atoms with van der Waals surface area (Å²) in [5, 5.41) is 11.5. The fourth-order valence-electron chi connectivity index (χ4n) is 1.51. The molecule has 100 valence electrons. The first-order chi connectivity index (χ1) is 8.52. The van der Waals surface area contributed by atoms with Crippen molar-refractivity contribution in [2.24, 2.45) is 0 Å². The molecular formula is C12H17BrN2O3. The summed E-state index contributed by atoms with van der Waals surface area (Å²) in [5.74, 6) is -0.122. The Bertz CT molecular complexity index is 459. The summed E-state index contributed by atoms with van der Waals surface area (Å²) >= 11 is 3.28. The molecule has 1 heterocycles. The standard InChI is InChI=1S/C12H17BrN2O3/c1-9(5-7-16)14-11(17)4-6-15-8-10(13)2-3-12(15)18/h2-3,8-9,16H,4-7H2,1H3,(H,14,17). The van der Waals surface area contributed by atoms with Crippen LogP contribution in [0.2, 0.25) is 0 Å². The van der Waals surface area contributed by atoms with Crippen molar-refractivity contribution in [3.8, 4) is 0 Å². The van der Waals surface area contributed by atoms with Gasteiger partial charge in [-0.15, -0.1) is 0 Å². The highest BCUT2D eigenvalue weighted by molar-refractivity contribution is 9.10. The second kappa shape index (κ2) is 7.33. The topological polar surface area (TPSA) is 71.3 Å². The Morgan fingerprint density at radius 3 is 2.94 bits per heavy atom. The van der Waals surface area contributed by atoms with E-state index in [9.17, 15) is 9.59 Å². The van der Waals surface area contributed by atoms with Gasteiger partial charge in [0.1, 0.15) is 0 Å². The van der Waals surface area contributed by atoms with Gasteiger partial charge >= 0.3 is 0 Å². The van der Waals surface area contributed by atoms with E-state index in [1.54, 1.807) is 12.3 Å². The van der Waals surface area contributed by atoms with E-state index in [2.05, 4.69) is 21.2 Å². The van der Waals surface area contributed by atoms with Crippen molar-refractivity contribution in [2.45, 2.75) is 32.4 Å². The first kappa shape index (κ1) is 14.9. The number of amides is 1. The molecule has 6 heteroatoms. The molecule has 0 aliphatic rings. The highest BCUT2D eigenvalue weighted by Gasteiger charge is 2.07. The van der Waals surface area contributed by atoms with Gasteiger partial charge < -0.3 is 15.0 Å². The fraction of sp³-hybridized carbons (Fsp3) is 0.500. The number of pyridine rings is 1. The third-order valence-corrected chi connectivity index (χ3v) is 2.97. The molecule has 1 aromatic heterocycles. The van der Waals surface area contributed by atoms with Gasteiger partial charge in [0.15, 0.2) is 0 Å².